The van der Waals surface area contributed by atoms with Crippen LogP contribution < -0.4 is 20.8 Å². The number of fused-ring (bicyclic) bond motifs is 1. The van der Waals surface area contributed by atoms with Crippen molar-refractivity contribution in [3.8, 4) is 5.75 Å². The van der Waals surface area contributed by atoms with Crippen LogP contribution >= 0.6 is 0 Å². The van der Waals surface area contributed by atoms with Gasteiger partial charge in [-0.15, -0.1) is 5.53 Å². The predicted molar refractivity (Wildman–Crippen MR) is 65.5 cm³/mol. The number of nitrogens with zero attached hydrogens (tertiary/aromatic N) is 3. The van der Waals surface area contributed by atoms with E-state index in [1.165, 1.54) is 0 Å². The van der Waals surface area contributed by atoms with Crippen molar-refractivity contribution in [2.75, 3.05) is 12.1 Å². The van der Waals surface area contributed by atoms with Crippen molar-refractivity contribution in [1.29, 1.82) is 0 Å². The van der Waals surface area contributed by atoms with Gasteiger partial charge in [0.05, 0.1) is 7.11 Å². The summed E-state index contributed by atoms with van der Waals surface area (Å²) in [5.74, 6) is 1.50. The van der Waals surface area contributed by atoms with E-state index in [2.05, 4.69) is 21.2 Å². The van der Waals surface area contributed by atoms with E-state index < -0.39 is 0 Å². The highest BCUT2D eigenvalue weighted by Gasteiger charge is 2.10. The summed E-state index contributed by atoms with van der Waals surface area (Å²) in [5, 5.41) is 6.56. The molecule has 3 rings (SSSR count). The standard InChI is InChI=1S/C11H11N5O/c1-17-9-4-2-3-8-5-6-10(13-11(8)9)16-7-12-14-15-16/h2-7,14-15H,1H3. The molecule has 2 aromatic rings. The van der Waals surface area contributed by atoms with E-state index in [1.54, 1.807) is 18.5 Å². The molecule has 0 saturated heterocycles. The molecule has 0 bridgehead atoms. The first-order valence-corrected chi connectivity index (χ1v) is 5.15. The minimum absolute atomic E-state index is 0.746. The van der Waals surface area contributed by atoms with Gasteiger partial charge in [0, 0.05) is 5.39 Å². The summed E-state index contributed by atoms with van der Waals surface area (Å²) >= 11 is 0. The molecule has 86 valence electrons. The highest BCUT2D eigenvalue weighted by Crippen LogP contribution is 2.25. The molecule has 6 nitrogen and oxygen atoms in total. The minimum atomic E-state index is 0.746. The first-order chi connectivity index (χ1) is 8.38. The molecule has 1 aliphatic rings. The normalized spacial score (nSPS) is 14.1. The number of aromatic nitrogens is 1. The SMILES string of the molecule is COc1cccc2ccc(N3C=NNN3)nc12. The number of hydrazone groups is 1. The molecule has 2 heterocycles. The van der Waals surface area contributed by atoms with Gasteiger partial charge in [0.15, 0.2) is 5.82 Å². The molecular formula is C11H11N5O. The highest BCUT2D eigenvalue weighted by molar-refractivity contribution is 5.88. The maximum absolute atomic E-state index is 5.29. The zero-order chi connectivity index (χ0) is 11.7. The molecule has 1 aromatic carbocycles. The van der Waals surface area contributed by atoms with Crippen LogP contribution in [-0.2, 0) is 0 Å². The lowest BCUT2D eigenvalue weighted by molar-refractivity contribution is 0.419. The largest absolute Gasteiger partial charge is 0.494 e. The van der Waals surface area contributed by atoms with E-state index in [4.69, 9.17) is 4.74 Å². The summed E-state index contributed by atoms with van der Waals surface area (Å²) in [6.45, 7) is 0. The smallest absolute Gasteiger partial charge is 0.150 e. The molecule has 2 N–H and O–H groups in total. The molecule has 0 amide bonds. The number of hydrogen-bond acceptors (Lipinski definition) is 6. The van der Waals surface area contributed by atoms with Crippen LogP contribution in [-0.4, -0.2) is 18.4 Å². The molecule has 0 atom stereocenters. The van der Waals surface area contributed by atoms with Gasteiger partial charge in [0.1, 0.15) is 17.6 Å². The second-order valence-electron chi connectivity index (χ2n) is 3.54. The van der Waals surface area contributed by atoms with Crippen molar-refractivity contribution in [3.63, 3.8) is 0 Å². The van der Waals surface area contributed by atoms with E-state index in [9.17, 15) is 0 Å². The maximum atomic E-state index is 5.29. The number of anilines is 1. The highest BCUT2D eigenvalue weighted by atomic mass is 16.5. The van der Waals surface area contributed by atoms with Gasteiger partial charge in [-0.1, -0.05) is 12.1 Å². The van der Waals surface area contributed by atoms with Crippen LogP contribution in [0.4, 0.5) is 5.82 Å². The van der Waals surface area contributed by atoms with Gasteiger partial charge in [0.25, 0.3) is 0 Å². The summed E-state index contributed by atoms with van der Waals surface area (Å²) in [6, 6.07) is 9.74. The Bertz CT molecular complexity index is 583. The molecule has 0 aliphatic carbocycles. The third-order valence-corrected chi connectivity index (χ3v) is 2.54. The molecule has 1 aromatic heterocycles. The van der Waals surface area contributed by atoms with Crippen LogP contribution in [0.5, 0.6) is 5.75 Å². The molecule has 0 spiro atoms. The fourth-order valence-corrected chi connectivity index (χ4v) is 1.72. The zero-order valence-corrected chi connectivity index (χ0v) is 9.21. The summed E-state index contributed by atoms with van der Waals surface area (Å²) < 4.78 is 5.29. The third-order valence-electron chi connectivity index (χ3n) is 2.54. The zero-order valence-electron chi connectivity index (χ0n) is 9.21. The maximum Gasteiger partial charge on any atom is 0.150 e. The van der Waals surface area contributed by atoms with E-state index in [0.717, 1.165) is 22.5 Å². The monoisotopic (exact) mass is 229 g/mol. The van der Waals surface area contributed by atoms with E-state index >= 15 is 0 Å². The Balaban J connectivity index is 2.13. The molecular weight excluding hydrogens is 218 g/mol. The Labute approximate surface area is 97.8 Å². The van der Waals surface area contributed by atoms with E-state index in [1.807, 2.05) is 30.3 Å². The second kappa shape index (κ2) is 3.91. The predicted octanol–water partition coefficient (Wildman–Crippen LogP) is 1.02. The van der Waals surface area contributed by atoms with Crippen molar-refractivity contribution in [2.24, 2.45) is 5.10 Å². The summed E-state index contributed by atoms with van der Waals surface area (Å²) in [4.78, 5) is 4.54. The van der Waals surface area contributed by atoms with Crippen LogP contribution in [0.1, 0.15) is 0 Å². The number of para-hydroxylation sites is 1. The van der Waals surface area contributed by atoms with Gasteiger partial charge in [-0.3, -0.25) is 0 Å². The van der Waals surface area contributed by atoms with Crippen molar-refractivity contribution >= 4 is 23.1 Å². The Morgan fingerprint density at radius 1 is 1.24 bits per heavy atom. The summed E-state index contributed by atoms with van der Waals surface area (Å²) in [7, 11) is 1.64. The number of ether oxygens (including phenoxy) is 1. The van der Waals surface area contributed by atoms with Crippen molar-refractivity contribution < 1.29 is 4.74 Å². The second-order valence-corrected chi connectivity index (χ2v) is 3.54. The molecule has 0 radical (unpaired) electrons. The van der Waals surface area contributed by atoms with Gasteiger partial charge >= 0.3 is 0 Å². The number of hydrogen-bond donors (Lipinski definition) is 2. The molecule has 0 unspecified atom stereocenters. The number of rotatable bonds is 2. The van der Waals surface area contributed by atoms with Crippen molar-refractivity contribution in [3.05, 3.63) is 30.3 Å². The number of pyridine rings is 1. The third kappa shape index (κ3) is 1.64. The lowest BCUT2D eigenvalue weighted by Crippen LogP contribution is -2.37. The van der Waals surface area contributed by atoms with Crippen molar-refractivity contribution in [1.82, 2.24) is 16.1 Å². The van der Waals surface area contributed by atoms with Crippen LogP contribution in [0.2, 0.25) is 0 Å². The fraction of sp³-hybridized carbons (Fsp3) is 0.0909. The number of nitrogens with one attached hydrogen (secondary N) is 2. The van der Waals surface area contributed by atoms with Crippen LogP contribution in [0.15, 0.2) is 35.4 Å². The lowest BCUT2D eigenvalue weighted by Gasteiger charge is -2.13. The molecule has 17 heavy (non-hydrogen) atoms. The van der Waals surface area contributed by atoms with Gasteiger partial charge < -0.3 is 4.74 Å². The molecule has 0 fully saturated rings. The molecule has 6 heteroatoms. The van der Waals surface area contributed by atoms with Gasteiger partial charge in [-0.25, -0.2) is 15.5 Å². The number of methoxy groups -OCH3 is 1. The van der Waals surface area contributed by atoms with E-state index in [-0.39, 0.29) is 0 Å². The minimum Gasteiger partial charge on any atom is -0.494 e. The average Bonchev–Trinajstić information content (AvgIpc) is 2.91. The number of benzene rings is 1. The van der Waals surface area contributed by atoms with Crippen LogP contribution in [0, 0.1) is 0 Å². The van der Waals surface area contributed by atoms with Crippen molar-refractivity contribution in [2.45, 2.75) is 0 Å². The Kier molecular flexibility index (Phi) is 2.27. The quantitative estimate of drug-likeness (QED) is 0.805. The lowest BCUT2D eigenvalue weighted by atomic mass is 10.2. The average molecular weight is 229 g/mol. The van der Waals surface area contributed by atoms with Crippen LogP contribution in [0.25, 0.3) is 10.9 Å². The Hall–Kier alpha value is -2.34. The van der Waals surface area contributed by atoms with Crippen LogP contribution in [0.3, 0.4) is 0 Å². The fourth-order valence-electron chi connectivity index (χ4n) is 1.72. The van der Waals surface area contributed by atoms with Gasteiger partial charge in [-0.2, -0.15) is 5.10 Å². The first-order valence-electron chi connectivity index (χ1n) is 5.15. The van der Waals surface area contributed by atoms with Gasteiger partial charge in [0.2, 0.25) is 0 Å². The van der Waals surface area contributed by atoms with E-state index in [0.29, 0.717) is 0 Å². The molecule has 1 aliphatic heterocycles. The first kappa shape index (κ1) is 9.86. The van der Waals surface area contributed by atoms with Gasteiger partial charge in [-0.05, 0) is 18.2 Å². The topological polar surface area (TPSA) is 61.8 Å². The molecule has 0 saturated carbocycles. The Morgan fingerprint density at radius 2 is 2.18 bits per heavy atom. The Morgan fingerprint density at radius 3 is 2.94 bits per heavy atom. The summed E-state index contributed by atoms with van der Waals surface area (Å²) in [5.41, 5.74) is 6.28. The summed E-state index contributed by atoms with van der Waals surface area (Å²) in [6.07, 6.45) is 1.61. The number of hydrazine groups is 2.